The van der Waals surface area contributed by atoms with Gasteiger partial charge in [-0.1, -0.05) is 6.92 Å². The molecule has 0 bridgehead atoms. The molecule has 0 saturated carbocycles. The number of rotatable bonds is 2. The molecule has 3 aliphatic heterocycles. The zero-order chi connectivity index (χ0) is 18.1. The van der Waals surface area contributed by atoms with Crippen LogP contribution < -0.4 is 4.90 Å². The molecule has 1 atom stereocenters. The van der Waals surface area contributed by atoms with Crippen molar-refractivity contribution in [3.8, 4) is 0 Å². The molecule has 7 heteroatoms. The Balaban J connectivity index is 1.93. The van der Waals surface area contributed by atoms with Crippen LogP contribution in [0.1, 0.15) is 61.9 Å². The maximum absolute atomic E-state index is 12.9. The van der Waals surface area contributed by atoms with E-state index in [0.29, 0.717) is 25.2 Å². The van der Waals surface area contributed by atoms with Crippen molar-refractivity contribution in [1.82, 2.24) is 4.31 Å². The van der Waals surface area contributed by atoms with Crippen LogP contribution in [0.25, 0.3) is 0 Å². The Bertz CT molecular complexity index is 898. The molecule has 3 heterocycles. The number of ketones is 1. The van der Waals surface area contributed by atoms with Crippen LogP contribution in [0.15, 0.2) is 17.0 Å². The van der Waals surface area contributed by atoms with E-state index in [9.17, 15) is 18.0 Å². The second-order valence-corrected chi connectivity index (χ2v) is 9.85. The molecule has 1 aromatic rings. The van der Waals surface area contributed by atoms with Gasteiger partial charge < -0.3 is 0 Å². The molecule has 25 heavy (non-hydrogen) atoms. The Morgan fingerprint density at radius 2 is 1.76 bits per heavy atom. The first kappa shape index (κ1) is 16.7. The van der Waals surface area contributed by atoms with Crippen molar-refractivity contribution in [2.24, 2.45) is 0 Å². The Kier molecular flexibility index (Phi) is 3.44. The Hall–Kier alpha value is -1.73. The quantitative estimate of drug-likeness (QED) is 0.757. The predicted molar refractivity (Wildman–Crippen MR) is 93.4 cm³/mol. The zero-order valence-corrected chi connectivity index (χ0v) is 15.5. The van der Waals surface area contributed by atoms with Crippen molar-refractivity contribution >= 4 is 27.4 Å². The molecule has 1 fully saturated rings. The summed E-state index contributed by atoms with van der Waals surface area (Å²) in [6.45, 7) is 6.93. The van der Waals surface area contributed by atoms with Gasteiger partial charge in [0.15, 0.2) is 0 Å². The summed E-state index contributed by atoms with van der Waals surface area (Å²) in [6, 6.07) is 3.08. The molecular formula is C18H22N2O4S. The monoisotopic (exact) mass is 362 g/mol. The molecule has 6 nitrogen and oxygen atoms in total. The van der Waals surface area contributed by atoms with Gasteiger partial charge in [-0.15, -0.1) is 0 Å². The van der Waals surface area contributed by atoms with E-state index in [1.165, 1.54) is 10.4 Å². The van der Waals surface area contributed by atoms with Crippen LogP contribution in [0.5, 0.6) is 0 Å². The minimum absolute atomic E-state index is 0.0763. The summed E-state index contributed by atoms with van der Waals surface area (Å²) in [5.74, 6) is -1.08. The molecule has 1 amide bonds. The number of benzene rings is 1. The lowest BCUT2D eigenvalue weighted by Gasteiger charge is -2.43. The first-order chi connectivity index (χ1) is 11.6. The van der Waals surface area contributed by atoms with E-state index in [1.54, 1.807) is 11.0 Å². The molecule has 0 N–H and O–H groups in total. The van der Waals surface area contributed by atoms with Crippen LogP contribution in [0.2, 0.25) is 0 Å². The molecule has 0 aliphatic carbocycles. The van der Waals surface area contributed by atoms with Gasteiger partial charge in [0.25, 0.3) is 11.7 Å². The van der Waals surface area contributed by atoms with E-state index in [-0.39, 0.29) is 16.4 Å². The highest BCUT2D eigenvalue weighted by Crippen LogP contribution is 2.49. The number of anilines is 1. The third kappa shape index (κ3) is 2.22. The summed E-state index contributed by atoms with van der Waals surface area (Å²) in [5.41, 5.74) is 1.17. The summed E-state index contributed by atoms with van der Waals surface area (Å²) in [6.07, 6.45) is 2.39. The summed E-state index contributed by atoms with van der Waals surface area (Å²) >= 11 is 0. The lowest BCUT2D eigenvalue weighted by atomic mass is 9.80. The highest BCUT2D eigenvalue weighted by atomic mass is 32.2. The molecule has 134 valence electrons. The first-order valence-corrected chi connectivity index (χ1v) is 10.2. The molecule has 1 aromatic carbocycles. The van der Waals surface area contributed by atoms with E-state index in [0.717, 1.165) is 18.4 Å². The first-order valence-electron chi connectivity index (χ1n) is 8.71. The number of hydrogen-bond acceptors (Lipinski definition) is 4. The van der Waals surface area contributed by atoms with Crippen molar-refractivity contribution < 1.29 is 18.0 Å². The molecule has 3 aliphatic rings. The fourth-order valence-electron chi connectivity index (χ4n) is 4.50. The van der Waals surface area contributed by atoms with Gasteiger partial charge in [0.1, 0.15) is 0 Å². The number of carbonyl (C=O) groups is 2. The van der Waals surface area contributed by atoms with Crippen molar-refractivity contribution in [2.75, 3.05) is 18.0 Å². The van der Waals surface area contributed by atoms with Gasteiger partial charge in [0.2, 0.25) is 10.0 Å². The number of hydrogen-bond donors (Lipinski definition) is 0. The SMILES string of the molecule is CC1CC(C)(C)N2C(=O)C(=O)c3cc(S(=O)(=O)N4CCCC4)cc1c32. The average Bonchev–Trinajstić information content (AvgIpc) is 3.14. The maximum Gasteiger partial charge on any atom is 0.299 e. The van der Waals surface area contributed by atoms with Gasteiger partial charge in [-0.25, -0.2) is 8.42 Å². The number of carbonyl (C=O) groups excluding carboxylic acids is 2. The van der Waals surface area contributed by atoms with Gasteiger partial charge in [0, 0.05) is 18.6 Å². The predicted octanol–water partition coefficient (Wildman–Crippen LogP) is 2.29. The third-order valence-corrected chi connectivity index (χ3v) is 7.50. The lowest BCUT2D eigenvalue weighted by molar-refractivity contribution is -0.115. The van der Waals surface area contributed by atoms with Crippen molar-refractivity contribution in [3.05, 3.63) is 23.3 Å². The summed E-state index contributed by atoms with van der Waals surface area (Å²) in [7, 11) is -3.63. The van der Waals surface area contributed by atoms with Crippen LogP contribution in [-0.4, -0.2) is 43.0 Å². The summed E-state index contributed by atoms with van der Waals surface area (Å²) in [4.78, 5) is 26.8. The highest BCUT2D eigenvalue weighted by molar-refractivity contribution is 7.89. The Morgan fingerprint density at radius 1 is 1.12 bits per heavy atom. The van der Waals surface area contributed by atoms with Gasteiger partial charge in [-0.3, -0.25) is 14.5 Å². The van der Waals surface area contributed by atoms with Crippen LogP contribution in [0, 0.1) is 0 Å². The molecule has 1 unspecified atom stereocenters. The van der Waals surface area contributed by atoms with Crippen LogP contribution in [-0.2, 0) is 14.8 Å². The second kappa shape index (κ2) is 5.14. The standard InChI is InChI=1S/C18H22N2O4S/c1-11-10-18(2,3)20-15-13(11)8-12(9-14(15)16(21)17(20)22)25(23,24)19-6-4-5-7-19/h8-9,11H,4-7,10H2,1-3H3. The average molecular weight is 362 g/mol. The Labute approximate surface area is 147 Å². The molecule has 0 aromatic heterocycles. The van der Waals surface area contributed by atoms with Gasteiger partial charge in [0.05, 0.1) is 16.1 Å². The fraction of sp³-hybridized carbons (Fsp3) is 0.556. The third-order valence-electron chi connectivity index (χ3n) is 5.62. The van der Waals surface area contributed by atoms with E-state index in [2.05, 4.69) is 0 Å². The second-order valence-electron chi connectivity index (χ2n) is 7.91. The minimum atomic E-state index is -3.63. The molecule has 1 saturated heterocycles. The zero-order valence-electron chi connectivity index (χ0n) is 14.7. The fourth-order valence-corrected chi connectivity index (χ4v) is 6.08. The Morgan fingerprint density at radius 3 is 2.40 bits per heavy atom. The van der Waals surface area contributed by atoms with Crippen LogP contribution in [0.3, 0.4) is 0 Å². The van der Waals surface area contributed by atoms with Gasteiger partial charge >= 0.3 is 0 Å². The topological polar surface area (TPSA) is 74.8 Å². The summed E-state index contributed by atoms with van der Waals surface area (Å²) in [5, 5.41) is 0. The van der Waals surface area contributed by atoms with Gasteiger partial charge in [-0.2, -0.15) is 4.31 Å². The number of nitrogens with zero attached hydrogens (tertiary/aromatic N) is 2. The lowest BCUT2D eigenvalue weighted by Crippen LogP contribution is -2.50. The molecule has 4 rings (SSSR count). The van der Waals surface area contributed by atoms with E-state index in [4.69, 9.17) is 0 Å². The smallest absolute Gasteiger partial charge is 0.299 e. The molecular weight excluding hydrogens is 340 g/mol. The summed E-state index contributed by atoms with van der Waals surface area (Å²) < 4.78 is 27.4. The normalized spacial score (nSPS) is 25.6. The minimum Gasteiger partial charge on any atom is -0.299 e. The van der Waals surface area contributed by atoms with Crippen molar-refractivity contribution in [3.63, 3.8) is 0 Å². The van der Waals surface area contributed by atoms with Crippen LogP contribution in [0.4, 0.5) is 5.69 Å². The molecule has 0 spiro atoms. The highest BCUT2D eigenvalue weighted by Gasteiger charge is 2.49. The number of sulfonamides is 1. The van der Waals surface area contributed by atoms with Crippen LogP contribution >= 0.6 is 0 Å². The van der Waals surface area contributed by atoms with E-state index >= 15 is 0 Å². The number of Topliss-reactive ketones (excluding diaryl/α,β-unsaturated/α-hetero) is 1. The van der Waals surface area contributed by atoms with Gasteiger partial charge in [-0.05, 0) is 56.7 Å². The van der Waals surface area contributed by atoms with Crippen molar-refractivity contribution in [2.45, 2.75) is 56.4 Å². The van der Waals surface area contributed by atoms with E-state index < -0.39 is 27.3 Å². The largest absolute Gasteiger partial charge is 0.299 e. The van der Waals surface area contributed by atoms with Crippen molar-refractivity contribution in [1.29, 1.82) is 0 Å². The maximum atomic E-state index is 12.9. The number of amides is 1. The van der Waals surface area contributed by atoms with E-state index in [1.807, 2.05) is 20.8 Å². The molecule has 0 radical (unpaired) electrons.